The van der Waals surface area contributed by atoms with Crippen molar-refractivity contribution in [3.8, 4) is 17.2 Å². The average molecular weight is 399 g/mol. The first-order valence-electron chi connectivity index (χ1n) is 9.07. The Labute approximate surface area is 169 Å². The molecule has 2 amide bonds. The predicted octanol–water partition coefficient (Wildman–Crippen LogP) is 2.83. The highest BCUT2D eigenvalue weighted by molar-refractivity contribution is 6.06. The number of nitrogens with zero attached hydrogens (tertiary/aromatic N) is 1. The van der Waals surface area contributed by atoms with E-state index in [4.69, 9.17) is 14.2 Å². The van der Waals surface area contributed by atoms with Gasteiger partial charge in [0, 0.05) is 5.69 Å². The first-order valence-corrected chi connectivity index (χ1v) is 9.07. The number of rotatable bonds is 9. The van der Waals surface area contributed by atoms with E-state index in [0.717, 1.165) is 0 Å². The molecule has 0 aliphatic heterocycles. The maximum atomic E-state index is 12.2. The van der Waals surface area contributed by atoms with Crippen LogP contribution in [0, 0.1) is 5.92 Å². The highest BCUT2D eigenvalue weighted by Gasteiger charge is 2.21. The number of hydrogen-bond acceptors (Lipinski definition) is 6. The van der Waals surface area contributed by atoms with Gasteiger partial charge in [-0.05, 0) is 61.9 Å². The van der Waals surface area contributed by atoms with Gasteiger partial charge < -0.3 is 19.5 Å². The smallest absolute Gasteiger partial charge is 0.252 e. The lowest BCUT2D eigenvalue weighted by Crippen LogP contribution is -2.34. The van der Waals surface area contributed by atoms with Crippen molar-refractivity contribution in [3.63, 3.8) is 0 Å². The number of anilines is 1. The van der Waals surface area contributed by atoms with Crippen LogP contribution in [-0.4, -0.2) is 38.9 Å². The zero-order valence-electron chi connectivity index (χ0n) is 16.9. The monoisotopic (exact) mass is 399 g/mol. The van der Waals surface area contributed by atoms with Crippen LogP contribution in [0.15, 0.2) is 47.6 Å². The number of carbonyl (C=O) groups is 2. The zero-order valence-corrected chi connectivity index (χ0v) is 16.9. The molecule has 0 bridgehead atoms. The van der Waals surface area contributed by atoms with Crippen LogP contribution in [-0.2, 0) is 9.59 Å². The molecule has 8 heteroatoms. The summed E-state index contributed by atoms with van der Waals surface area (Å²) in [5.74, 6) is -0.0247. The summed E-state index contributed by atoms with van der Waals surface area (Å²) >= 11 is 0. The highest BCUT2D eigenvalue weighted by Crippen LogP contribution is 2.27. The molecule has 0 aliphatic rings. The Morgan fingerprint density at radius 2 is 1.76 bits per heavy atom. The van der Waals surface area contributed by atoms with E-state index in [1.165, 1.54) is 13.1 Å². The Morgan fingerprint density at radius 3 is 2.38 bits per heavy atom. The third-order valence-corrected chi connectivity index (χ3v) is 4.02. The van der Waals surface area contributed by atoms with Crippen molar-refractivity contribution in [2.45, 2.75) is 13.8 Å². The van der Waals surface area contributed by atoms with Crippen LogP contribution in [0.2, 0.25) is 0 Å². The van der Waals surface area contributed by atoms with Gasteiger partial charge in [0.15, 0.2) is 11.5 Å². The van der Waals surface area contributed by atoms with Crippen LogP contribution >= 0.6 is 0 Å². The Kier molecular flexibility index (Phi) is 8.02. The molecule has 29 heavy (non-hydrogen) atoms. The number of carbonyl (C=O) groups excluding carboxylic acids is 2. The molecule has 154 valence electrons. The lowest BCUT2D eigenvalue weighted by Gasteiger charge is -2.11. The van der Waals surface area contributed by atoms with E-state index >= 15 is 0 Å². The molecule has 0 fully saturated rings. The second-order valence-corrected chi connectivity index (χ2v) is 6.02. The summed E-state index contributed by atoms with van der Waals surface area (Å²) in [6, 6.07) is 12.1. The van der Waals surface area contributed by atoms with Crippen LogP contribution in [0.3, 0.4) is 0 Å². The average Bonchev–Trinajstić information content (AvgIpc) is 2.74. The van der Waals surface area contributed by atoms with E-state index in [1.807, 2.05) is 6.92 Å². The lowest BCUT2D eigenvalue weighted by atomic mass is 10.1. The third kappa shape index (κ3) is 6.24. The number of hydrogen-bond donors (Lipinski definition) is 2. The largest absolute Gasteiger partial charge is 0.497 e. The minimum Gasteiger partial charge on any atom is -0.497 e. The molecule has 8 nitrogen and oxygen atoms in total. The summed E-state index contributed by atoms with van der Waals surface area (Å²) in [5.41, 5.74) is 3.65. The summed E-state index contributed by atoms with van der Waals surface area (Å²) in [5, 5.41) is 6.59. The molecular formula is C21H25N3O5. The molecule has 0 aromatic heterocycles. The third-order valence-electron chi connectivity index (χ3n) is 4.02. The molecule has 1 atom stereocenters. The predicted molar refractivity (Wildman–Crippen MR) is 111 cm³/mol. The number of nitrogens with one attached hydrogen (secondary N) is 2. The summed E-state index contributed by atoms with van der Waals surface area (Å²) in [7, 11) is 3.10. The van der Waals surface area contributed by atoms with Gasteiger partial charge in [-0.1, -0.05) is 0 Å². The van der Waals surface area contributed by atoms with E-state index in [9.17, 15) is 9.59 Å². The molecule has 0 saturated carbocycles. The van der Waals surface area contributed by atoms with Crippen molar-refractivity contribution >= 4 is 23.7 Å². The van der Waals surface area contributed by atoms with Crippen LogP contribution in [0.1, 0.15) is 19.4 Å². The Hall–Kier alpha value is -3.55. The van der Waals surface area contributed by atoms with Crippen LogP contribution in [0.5, 0.6) is 17.2 Å². The highest BCUT2D eigenvalue weighted by atomic mass is 16.5. The zero-order chi connectivity index (χ0) is 21.2. The molecular weight excluding hydrogens is 374 g/mol. The van der Waals surface area contributed by atoms with Crippen molar-refractivity contribution in [1.29, 1.82) is 0 Å². The van der Waals surface area contributed by atoms with Crippen molar-refractivity contribution in [2.75, 3.05) is 26.1 Å². The van der Waals surface area contributed by atoms with Gasteiger partial charge in [0.2, 0.25) is 5.91 Å². The summed E-state index contributed by atoms with van der Waals surface area (Å²) in [6.07, 6.45) is 1.46. The summed E-state index contributed by atoms with van der Waals surface area (Å²) in [4.78, 5) is 24.4. The second kappa shape index (κ2) is 10.7. The van der Waals surface area contributed by atoms with E-state index in [0.29, 0.717) is 35.1 Å². The van der Waals surface area contributed by atoms with E-state index < -0.39 is 17.7 Å². The number of amides is 2. The van der Waals surface area contributed by atoms with Crippen molar-refractivity contribution in [1.82, 2.24) is 5.43 Å². The van der Waals surface area contributed by atoms with Crippen LogP contribution in [0.25, 0.3) is 0 Å². The standard InChI is InChI=1S/C21H25N3O5/c1-5-29-18-11-6-15(12-19(18)28-4)13-22-24-21(26)14(2)20(25)23-16-7-9-17(27-3)10-8-16/h6-14H,5H2,1-4H3,(H,23,25)(H,24,26). The van der Waals surface area contributed by atoms with Gasteiger partial charge in [0.1, 0.15) is 11.7 Å². The van der Waals surface area contributed by atoms with Crippen LogP contribution < -0.4 is 25.0 Å². The molecule has 2 rings (SSSR count). The van der Waals surface area contributed by atoms with Gasteiger partial charge in [-0.3, -0.25) is 9.59 Å². The van der Waals surface area contributed by atoms with Crippen molar-refractivity contribution in [2.24, 2.45) is 11.0 Å². The lowest BCUT2D eigenvalue weighted by molar-refractivity contribution is -0.131. The Bertz CT molecular complexity index is 865. The molecule has 0 spiro atoms. The number of benzene rings is 2. The first kappa shape index (κ1) is 21.7. The molecule has 0 heterocycles. The Balaban J connectivity index is 1.92. The molecule has 2 aromatic rings. The summed E-state index contributed by atoms with van der Waals surface area (Å²) in [6.45, 7) is 3.91. The molecule has 1 unspecified atom stereocenters. The van der Waals surface area contributed by atoms with Gasteiger partial charge in [-0.25, -0.2) is 5.43 Å². The fourth-order valence-corrected chi connectivity index (χ4v) is 2.35. The van der Waals surface area contributed by atoms with Gasteiger partial charge >= 0.3 is 0 Å². The minimum absolute atomic E-state index is 0.439. The number of methoxy groups -OCH3 is 2. The fourth-order valence-electron chi connectivity index (χ4n) is 2.35. The van der Waals surface area contributed by atoms with Crippen molar-refractivity contribution < 1.29 is 23.8 Å². The van der Waals surface area contributed by atoms with Gasteiger partial charge in [0.25, 0.3) is 5.91 Å². The minimum atomic E-state index is -0.927. The van der Waals surface area contributed by atoms with E-state index in [-0.39, 0.29) is 0 Å². The topological polar surface area (TPSA) is 98.2 Å². The van der Waals surface area contributed by atoms with Gasteiger partial charge in [-0.15, -0.1) is 0 Å². The van der Waals surface area contributed by atoms with Gasteiger partial charge in [0.05, 0.1) is 27.0 Å². The maximum absolute atomic E-state index is 12.2. The molecule has 0 saturated heterocycles. The molecule has 0 aliphatic carbocycles. The number of ether oxygens (including phenoxy) is 3. The van der Waals surface area contributed by atoms with Gasteiger partial charge in [-0.2, -0.15) is 5.10 Å². The second-order valence-electron chi connectivity index (χ2n) is 6.02. The SMILES string of the molecule is CCOc1ccc(C=NNC(=O)C(C)C(=O)Nc2ccc(OC)cc2)cc1OC. The quantitative estimate of drug-likeness (QED) is 0.384. The normalized spacial score (nSPS) is 11.6. The number of hydrazone groups is 1. The van der Waals surface area contributed by atoms with E-state index in [2.05, 4.69) is 15.8 Å². The Morgan fingerprint density at radius 1 is 1.03 bits per heavy atom. The molecule has 2 aromatic carbocycles. The molecule has 2 N–H and O–H groups in total. The van der Waals surface area contributed by atoms with Crippen molar-refractivity contribution in [3.05, 3.63) is 48.0 Å². The summed E-state index contributed by atoms with van der Waals surface area (Å²) < 4.78 is 15.8. The molecule has 0 radical (unpaired) electrons. The van der Waals surface area contributed by atoms with Crippen LogP contribution in [0.4, 0.5) is 5.69 Å². The maximum Gasteiger partial charge on any atom is 0.252 e. The first-order chi connectivity index (χ1) is 14.0. The fraction of sp³-hybridized carbons (Fsp3) is 0.286. The van der Waals surface area contributed by atoms with E-state index in [1.54, 1.807) is 56.7 Å².